The van der Waals surface area contributed by atoms with Crippen molar-refractivity contribution in [3.63, 3.8) is 0 Å². The van der Waals surface area contributed by atoms with Gasteiger partial charge in [-0.1, -0.05) is 41.6 Å². The van der Waals surface area contributed by atoms with Crippen molar-refractivity contribution in [3.8, 4) is 0 Å². The van der Waals surface area contributed by atoms with Gasteiger partial charge in [0.25, 0.3) is 5.91 Å². The number of tetrazole rings is 1. The number of methoxy groups -OCH3 is 1. The molecule has 0 bridgehead atoms. The highest BCUT2D eigenvalue weighted by Gasteiger charge is 2.35. The normalized spacial score (nSPS) is 13.3. The van der Waals surface area contributed by atoms with Crippen LogP contribution in [0.5, 0.6) is 0 Å². The SMILES string of the molecule is CCOC(C)(OCCOC)C(=O)Nc1cccc(CO/N=C(/c2ccccc2)c2nnnn2C)n1. The molecule has 35 heavy (non-hydrogen) atoms. The van der Waals surface area contributed by atoms with Gasteiger partial charge in [0.05, 0.1) is 18.9 Å². The lowest BCUT2D eigenvalue weighted by molar-refractivity contribution is -0.219. The highest BCUT2D eigenvalue weighted by Crippen LogP contribution is 2.17. The summed E-state index contributed by atoms with van der Waals surface area (Å²) in [5.74, 6) is -1.20. The summed E-state index contributed by atoms with van der Waals surface area (Å²) in [6, 6.07) is 14.6. The first kappa shape index (κ1) is 25.9. The number of oxime groups is 1. The van der Waals surface area contributed by atoms with Crippen LogP contribution in [0.3, 0.4) is 0 Å². The molecular formula is C23H29N7O5. The van der Waals surface area contributed by atoms with Crippen molar-refractivity contribution in [2.24, 2.45) is 12.2 Å². The van der Waals surface area contributed by atoms with Gasteiger partial charge in [-0.15, -0.1) is 5.10 Å². The summed E-state index contributed by atoms with van der Waals surface area (Å²) in [5, 5.41) is 18.6. The zero-order chi connectivity index (χ0) is 25.1. The smallest absolute Gasteiger partial charge is 0.285 e. The largest absolute Gasteiger partial charge is 0.389 e. The Morgan fingerprint density at radius 2 is 1.91 bits per heavy atom. The molecule has 1 N–H and O–H groups in total. The fraction of sp³-hybridized carbons (Fsp3) is 0.391. The first-order valence-corrected chi connectivity index (χ1v) is 11.0. The van der Waals surface area contributed by atoms with E-state index in [1.54, 1.807) is 46.2 Å². The van der Waals surface area contributed by atoms with Crippen LogP contribution < -0.4 is 5.32 Å². The van der Waals surface area contributed by atoms with E-state index >= 15 is 0 Å². The van der Waals surface area contributed by atoms with E-state index in [1.165, 1.54) is 4.68 Å². The van der Waals surface area contributed by atoms with Crippen LogP contribution in [0.2, 0.25) is 0 Å². The average Bonchev–Trinajstić information content (AvgIpc) is 3.28. The second-order valence-corrected chi connectivity index (χ2v) is 7.39. The third-order valence-corrected chi connectivity index (χ3v) is 4.79. The lowest BCUT2D eigenvalue weighted by atomic mass is 10.1. The van der Waals surface area contributed by atoms with Crippen molar-refractivity contribution in [1.29, 1.82) is 0 Å². The fourth-order valence-electron chi connectivity index (χ4n) is 3.04. The van der Waals surface area contributed by atoms with E-state index in [2.05, 4.69) is 31.0 Å². The van der Waals surface area contributed by atoms with E-state index in [-0.39, 0.29) is 13.2 Å². The minimum Gasteiger partial charge on any atom is -0.389 e. The Morgan fingerprint density at radius 3 is 2.60 bits per heavy atom. The summed E-state index contributed by atoms with van der Waals surface area (Å²) >= 11 is 0. The zero-order valence-corrected chi connectivity index (χ0v) is 20.2. The molecule has 1 aromatic carbocycles. The Kier molecular flexibility index (Phi) is 9.35. The average molecular weight is 484 g/mol. The van der Waals surface area contributed by atoms with Gasteiger partial charge >= 0.3 is 0 Å². The van der Waals surface area contributed by atoms with E-state index in [0.717, 1.165) is 5.56 Å². The molecule has 12 nitrogen and oxygen atoms in total. The lowest BCUT2D eigenvalue weighted by Crippen LogP contribution is -2.46. The van der Waals surface area contributed by atoms with Gasteiger partial charge in [-0.3, -0.25) is 4.79 Å². The Labute approximate surface area is 203 Å². The molecule has 3 rings (SSSR count). The van der Waals surface area contributed by atoms with Crippen LogP contribution in [-0.4, -0.2) is 69.5 Å². The second-order valence-electron chi connectivity index (χ2n) is 7.39. The van der Waals surface area contributed by atoms with Crippen LogP contribution in [0.4, 0.5) is 5.82 Å². The van der Waals surface area contributed by atoms with E-state index in [1.807, 2.05) is 30.3 Å². The molecule has 1 amide bonds. The standard InChI is InChI=1S/C23H29N7O5/c1-5-33-23(2,34-15-14-32-4)22(31)25-19-13-9-12-18(24-19)16-35-27-20(17-10-7-6-8-11-17)21-26-28-29-30(21)3/h6-13H,5,14-16H2,1-4H3,(H,24,25,31)/b27-20-. The number of aromatic nitrogens is 5. The van der Waals surface area contributed by atoms with Crippen molar-refractivity contribution >= 4 is 17.4 Å². The highest BCUT2D eigenvalue weighted by molar-refractivity contribution is 6.10. The molecule has 3 aromatic rings. The number of pyridine rings is 1. The Morgan fingerprint density at radius 1 is 1.11 bits per heavy atom. The summed E-state index contributed by atoms with van der Waals surface area (Å²) in [7, 11) is 3.27. The molecule has 2 aromatic heterocycles. The van der Waals surface area contributed by atoms with Crippen molar-refractivity contribution in [2.75, 3.05) is 32.2 Å². The number of nitrogens with zero attached hydrogens (tertiary/aromatic N) is 6. The van der Waals surface area contributed by atoms with Crippen LogP contribution in [-0.2, 0) is 37.5 Å². The summed E-state index contributed by atoms with van der Waals surface area (Å²) in [6.45, 7) is 4.21. The third-order valence-electron chi connectivity index (χ3n) is 4.79. The van der Waals surface area contributed by atoms with Gasteiger partial charge in [0, 0.05) is 26.3 Å². The molecule has 0 saturated heterocycles. The summed E-state index contributed by atoms with van der Waals surface area (Å²) < 4.78 is 17.6. The van der Waals surface area contributed by atoms with Crippen LogP contribution in [0.25, 0.3) is 0 Å². The predicted molar refractivity (Wildman–Crippen MR) is 126 cm³/mol. The lowest BCUT2D eigenvalue weighted by Gasteiger charge is -2.28. The molecule has 0 saturated carbocycles. The molecule has 12 heteroatoms. The number of amides is 1. The van der Waals surface area contributed by atoms with Crippen LogP contribution in [0.15, 0.2) is 53.7 Å². The van der Waals surface area contributed by atoms with Gasteiger partial charge in [-0.25, -0.2) is 9.67 Å². The Balaban J connectivity index is 1.70. The Bertz CT molecular complexity index is 1120. The molecule has 0 aliphatic heterocycles. The number of hydrogen-bond donors (Lipinski definition) is 1. The van der Waals surface area contributed by atoms with Crippen molar-refractivity contribution < 1.29 is 23.8 Å². The van der Waals surface area contributed by atoms with Gasteiger partial charge in [0.2, 0.25) is 11.6 Å². The molecule has 186 valence electrons. The first-order valence-electron chi connectivity index (χ1n) is 11.0. The summed E-state index contributed by atoms with van der Waals surface area (Å²) in [6.07, 6.45) is 0. The van der Waals surface area contributed by atoms with E-state index < -0.39 is 11.7 Å². The number of rotatable bonds is 13. The monoisotopic (exact) mass is 483 g/mol. The number of hydrogen-bond acceptors (Lipinski definition) is 10. The number of carbonyl (C=O) groups is 1. The van der Waals surface area contributed by atoms with Crippen LogP contribution in [0, 0.1) is 0 Å². The van der Waals surface area contributed by atoms with Gasteiger partial charge in [-0.05, 0) is 36.4 Å². The van der Waals surface area contributed by atoms with Crippen molar-refractivity contribution in [2.45, 2.75) is 26.2 Å². The van der Waals surface area contributed by atoms with Crippen LogP contribution in [0.1, 0.15) is 30.9 Å². The fourth-order valence-corrected chi connectivity index (χ4v) is 3.04. The zero-order valence-electron chi connectivity index (χ0n) is 20.2. The predicted octanol–water partition coefficient (Wildman–Crippen LogP) is 1.93. The maximum absolute atomic E-state index is 12.8. The topological polar surface area (TPSA) is 135 Å². The van der Waals surface area contributed by atoms with Gasteiger partial charge in [0.1, 0.15) is 5.82 Å². The molecule has 2 heterocycles. The molecule has 0 aliphatic rings. The second kappa shape index (κ2) is 12.6. The van der Waals surface area contributed by atoms with E-state index in [4.69, 9.17) is 19.0 Å². The number of nitrogens with one attached hydrogen (secondary N) is 1. The van der Waals surface area contributed by atoms with Gasteiger partial charge in [0.15, 0.2) is 12.3 Å². The minimum atomic E-state index is -1.49. The van der Waals surface area contributed by atoms with Crippen LogP contribution >= 0.6 is 0 Å². The molecule has 0 fully saturated rings. The van der Waals surface area contributed by atoms with Crippen molar-refractivity contribution in [3.05, 3.63) is 65.6 Å². The quantitative estimate of drug-likeness (QED) is 0.167. The number of aryl methyl sites for hydroxylation is 1. The number of anilines is 1. The highest BCUT2D eigenvalue weighted by atomic mass is 16.7. The number of ether oxygens (including phenoxy) is 3. The molecule has 0 radical (unpaired) electrons. The van der Waals surface area contributed by atoms with E-state index in [0.29, 0.717) is 36.3 Å². The first-order chi connectivity index (χ1) is 17.0. The van der Waals surface area contributed by atoms with Crippen molar-refractivity contribution in [1.82, 2.24) is 25.2 Å². The third kappa shape index (κ3) is 7.12. The Hall–Kier alpha value is -3.74. The maximum Gasteiger partial charge on any atom is 0.285 e. The van der Waals surface area contributed by atoms with Gasteiger partial charge in [-0.2, -0.15) is 0 Å². The molecule has 1 unspecified atom stereocenters. The molecular weight excluding hydrogens is 454 g/mol. The number of carbonyl (C=O) groups excluding carboxylic acids is 1. The van der Waals surface area contributed by atoms with E-state index in [9.17, 15) is 4.79 Å². The minimum absolute atomic E-state index is 0.0540. The molecule has 0 aliphatic carbocycles. The molecule has 1 atom stereocenters. The van der Waals surface area contributed by atoms with Gasteiger partial charge < -0.3 is 24.4 Å². The summed E-state index contributed by atoms with van der Waals surface area (Å²) in [5.41, 5.74) is 1.82. The molecule has 0 spiro atoms. The maximum atomic E-state index is 12.8. The number of benzene rings is 1. The summed E-state index contributed by atoms with van der Waals surface area (Å²) in [4.78, 5) is 22.8.